The number of aryl methyl sites for hydroxylation is 2. The van der Waals surface area contributed by atoms with Crippen molar-refractivity contribution in [2.75, 3.05) is 13.1 Å². The van der Waals surface area contributed by atoms with Crippen LogP contribution in [-0.2, 0) is 6.54 Å². The van der Waals surface area contributed by atoms with Gasteiger partial charge in [0.2, 0.25) is 0 Å². The maximum Gasteiger partial charge on any atom is 0.138 e. The summed E-state index contributed by atoms with van der Waals surface area (Å²) in [5.41, 5.74) is 2.19. The molecule has 1 aromatic rings. The predicted octanol–water partition coefficient (Wildman–Crippen LogP) is 2.03. The van der Waals surface area contributed by atoms with E-state index < -0.39 is 0 Å². The van der Waals surface area contributed by atoms with Crippen LogP contribution in [0.15, 0.2) is 4.52 Å². The van der Waals surface area contributed by atoms with Crippen LogP contribution in [-0.4, -0.2) is 23.1 Å². The third-order valence-corrected chi connectivity index (χ3v) is 3.33. The second-order valence-electron chi connectivity index (χ2n) is 4.48. The van der Waals surface area contributed by atoms with Crippen molar-refractivity contribution < 1.29 is 4.52 Å². The molecule has 0 unspecified atom stereocenters. The molecule has 0 saturated carbocycles. The summed E-state index contributed by atoms with van der Waals surface area (Å²) < 4.78 is 5.15. The number of rotatable bonds is 2. The fourth-order valence-electron chi connectivity index (χ4n) is 2.17. The highest BCUT2D eigenvalue weighted by Gasteiger charge is 2.20. The third-order valence-electron chi connectivity index (χ3n) is 3.33. The Bertz CT molecular complexity index is 377. The average Bonchev–Trinajstić information content (AvgIpc) is 2.62. The number of hydrogen-bond donors (Lipinski definition) is 0. The van der Waals surface area contributed by atoms with Crippen molar-refractivity contribution in [2.45, 2.75) is 33.2 Å². The summed E-state index contributed by atoms with van der Waals surface area (Å²) in [6, 6.07) is 2.35. The Morgan fingerprint density at radius 3 is 2.62 bits per heavy atom. The van der Waals surface area contributed by atoms with Crippen molar-refractivity contribution in [1.82, 2.24) is 10.1 Å². The van der Waals surface area contributed by atoms with Gasteiger partial charge >= 0.3 is 0 Å². The molecule has 0 aromatic carbocycles. The first kappa shape index (κ1) is 11.2. The smallest absolute Gasteiger partial charge is 0.138 e. The topological polar surface area (TPSA) is 53.1 Å². The van der Waals surface area contributed by atoms with Gasteiger partial charge in [-0.1, -0.05) is 5.16 Å². The van der Waals surface area contributed by atoms with Gasteiger partial charge in [0, 0.05) is 18.0 Å². The van der Waals surface area contributed by atoms with Crippen LogP contribution in [0.4, 0.5) is 0 Å². The van der Waals surface area contributed by atoms with Gasteiger partial charge in [0.15, 0.2) is 0 Å². The second-order valence-corrected chi connectivity index (χ2v) is 4.48. The lowest BCUT2D eigenvalue weighted by Crippen LogP contribution is -2.33. The van der Waals surface area contributed by atoms with E-state index in [9.17, 15) is 0 Å². The van der Waals surface area contributed by atoms with Crippen LogP contribution < -0.4 is 0 Å². The summed E-state index contributed by atoms with van der Waals surface area (Å²) in [6.45, 7) is 6.84. The SMILES string of the molecule is Cc1noc(C)c1CN1CCC(C#N)CC1. The van der Waals surface area contributed by atoms with Crippen LogP contribution in [0.2, 0.25) is 0 Å². The third kappa shape index (κ3) is 2.25. The molecule has 0 spiro atoms. The van der Waals surface area contributed by atoms with Crippen molar-refractivity contribution in [1.29, 1.82) is 5.26 Å². The highest BCUT2D eigenvalue weighted by molar-refractivity contribution is 5.20. The Morgan fingerprint density at radius 1 is 1.44 bits per heavy atom. The van der Waals surface area contributed by atoms with E-state index in [0.717, 1.165) is 43.9 Å². The normalized spacial score (nSPS) is 18.6. The molecule has 1 aliphatic heterocycles. The summed E-state index contributed by atoms with van der Waals surface area (Å²) in [4.78, 5) is 2.38. The number of nitriles is 1. The lowest BCUT2D eigenvalue weighted by atomic mass is 9.98. The van der Waals surface area contributed by atoms with Crippen LogP contribution in [0.1, 0.15) is 29.9 Å². The van der Waals surface area contributed by atoms with Gasteiger partial charge in [0.1, 0.15) is 5.76 Å². The fraction of sp³-hybridized carbons (Fsp3) is 0.667. The van der Waals surface area contributed by atoms with Crippen LogP contribution >= 0.6 is 0 Å². The van der Waals surface area contributed by atoms with Crippen molar-refractivity contribution in [3.63, 3.8) is 0 Å². The van der Waals surface area contributed by atoms with Crippen LogP contribution in [0.5, 0.6) is 0 Å². The molecule has 4 nitrogen and oxygen atoms in total. The van der Waals surface area contributed by atoms with Gasteiger partial charge in [-0.15, -0.1) is 0 Å². The number of hydrogen-bond acceptors (Lipinski definition) is 4. The molecule has 0 bridgehead atoms. The van der Waals surface area contributed by atoms with Gasteiger partial charge in [-0.25, -0.2) is 0 Å². The second kappa shape index (κ2) is 4.67. The largest absolute Gasteiger partial charge is 0.361 e. The van der Waals surface area contributed by atoms with Gasteiger partial charge < -0.3 is 4.52 Å². The molecule has 1 aromatic heterocycles. The van der Waals surface area contributed by atoms with Crippen LogP contribution in [0.25, 0.3) is 0 Å². The molecule has 0 aliphatic carbocycles. The Labute approximate surface area is 95.8 Å². The molecule has 0 atom stereocenters. The highest BCUT2D eigenvalue weighted by atomic mass is 16.5. The van der Waals surface area contributed by atoms with E-state index in [-0.39, 0.29) is 5.92 Å². The number of likely N-dealkylation sites (tertiary alicyclic amines) is 1. The first-order valence-corrected chi connectivity index (χ1v) is 5.74. The van der Waals surface area contributed by atoms with E-state index in [2.05, 4.69) is 16.1 Å². The highest BCUT2D eigenvalue weighted by Crippen LogP contribution is 2.20. The Balaban J connectivity index is 1.95. The zero-order valence-corrected chi connectivity index (χ0v) is 9.86. The molecule has 2 heterocycles. The summed E-state index contributed by atoms with van der Waals surface area (Å²) in [6.07, 6.45) is 1.97. The van der Waals surface area contributed by atoms with E-state index in [1.807, 2.05) is 13.8 Å². The fourth-order valence-corrected chi connectivity index (χ4v) is 2.17. The molecular weight excluding hydrogens is 202 g/mol. The van der Waals surface area contributed by atoms with Gasteiger partial charge in [-0.05, 0) is 39.8 Å². The minimum atomic E-state index is 0.251. The van der Waals surface area contributed by atoms with Gasteiger partial charge in [0.05, 0.1) is 11.8 Å². The minimum absolute atomic E-state index is 0.251. The summed E-state index contributed by atoms with van der Waals surface area (Å²) in [5, 5.41) is 12.8. The molecule has 2 rings (SSSR count). The van der Waals surface area contributed by atoms with Gasteiger partial charge in [-0.3, -0.25) is 4.90 Å². The van der Waals surface area contributed by atoms with Gasteiger partial charge in [0.25, 0.3) is 0 Å². The Morgan fingerprint density at radius 2 is 2.12 bits per heavy atom. The average molecular weight is 219 g/mol. The van der Waals surface area contributed by atoms with E-state index in [4.69, 9.17) is 9.78 Å². The van der Waals surface area contributed by atoms with Crippen LogP contribution in [0.3, 0.4) is 0 Å². The molecule has 1 saturated heterocycles. The molecule has 4 heteroatoms. The first-order valence-electron chi connectivity index (χ1n) is 5.74. The molecule has 1 fully saturated rings. The molecule has 0 amide bonds. The minimum Gasteiger partial charge on any atom is -0.361 e. The van der Waals surface area contributed by atoms with Crippen LogP contribution in [0, 0.1) is 31.1 Å². The maximum atomic E-state index is 8.83. The van der Waals surface area contributed by atoms with E-state index in [1.165, 1.54) is 5.56 Å². The lowest BCUT2D eigenvalue weighted by molar-refractivity contribution is 0.197. The van der Waals surface area contributed by atoms with E-state index in [0.29, 0.717) is 0 Å². The zero-order valence-electron chi connectivity index (χ0n) is 9.86. The zero-order chi connectivity index (χ0) is 11.5. The van der Waals surface area contributed by atoms with Crippen molar-refractivity contribution in [3.05, 3.63) is 17.0 Å². The molecule has 1 aliphatic rings. The van der Waals surface area contributed by atoms with Gasteiger partial charge in [-0.2, -0.15) is 5.26 Å². The summed E-state index contributed by atoms with van der Waals surface area (Å²) in [5.74, 6) is 1.17. The van der Waals surface area contributed by atoms with Crippen molar-refractivity contribution in [3.8, 4) is 6.07 Å². The summed E-state index contributed by atoms with van der Waals surface area (Å²) in [7, 11) is 0. The number of nitrogens with zero attached hydrogens (tertiary/aromatic N) is 3. The maximum absolute atomic E-state index is 8.83. The molecule has 0 radical (unpaired) electrons. The standard InChI is InChI=1S/C12H17N3O/c1-9-12(10(2)16-14-9)8-15-5-3-11(7-13)4-6-15/h11H,3-6,8H2,1-2H3. The van der Waals surface area contributed by atoms with Crippen molar-refractivity contribution >= 4 is 0 Å². The first-order chi connectivity index (χ1) is 7.70. The summed E-state index contributed by atoms with van der Waals surface area (Å²) >= 11 is 0. The molecule has 16 heavy (non-hydrogen) atoms. The molecule has 0 N–H and O–H groups in total. The Kier molecular flexibility index (Phi) is 3.25. The molecular formula is C12H17N3O. The Hall–Kier alpha value is -1.34. The van der Waals surface area contributed by atoms with Crippen molar-refractivity contribution in [2.24, 2.45) is 5.92 Å². The number of aromatic nitrogens is 1. The monoisotopic (exact) mass is 219 g/mol. The lowest BCUT2D eigenvalue weighted by Gasteiger charge is -2.28. The van der Waals surface area contributed by atoms with E-state index in [1.54, 1.807) is 0 Å². The number of piperidine rings is 1. The predicted molar refractivity (Wildman–Crippen MR) is 59.6 cm³/mol. The van der Waals surface area contributed by atoms with E-state index >= 15 is 0 Å². The quantitative estimate of drug-likeness (QED) is 0.763. The molecule has 86 valence electrons.